The van der Waals surface area contributed by atoms with E-state index in [0.717, 1.165) is 19.6 Å². The summed E-state index contributed by atoms with van der Waals surface area (Å²) in [4.78, 5) is 4.85. The quantitative estimate of drug-likeness (QED) is 0.676. The van der Waals surface area contributed by atoms with E-state index in [2.05, 4.69) is 47.7 Å². The van der Waals surface area contributed by atoms with Crippen LogP contribution in [0.15, 0.2) is 30.8 Å². The lowest BCUT2D eigenvalue weighted by molar-refractivity contribution is 0.152. The summed E-state index contributed by atoms with van der Waals surface area (Å²) in [5, 5.41) is 0. The average Bonchev–Trinajstić information content (AvgIpc) is 2.66. The number of hydrogen-bond donors (Lipinski definition) is 0. The highest BCUT2D eigenvalue weighted by molar-refractivity contribution is 5.70. The molecule has 2 aliphatic heterocycles. The van der Waals surface area contributed by atoms with Crippen LogP contribution < -0.4 is 0 Å². The summed E-state index contributed by atoms with van der Waals surface area (Å²) in [6.45, 7) is 11.6. The third kappa shape index (κ3) is 1.98. The monoisotopic (exact) mass is 230 g/mol. The second kappa shape index (κ2) is 4.92. The van der Waals surface area contributed by atoms with Crippen LogP contribution in [0.3, 0.4) is 0 Å². The van der Waals surface area contributed by atoms with E-state index in [1.165, 1.54) is 16.8 Å². The number of hydrogen-bond acceptors (Lipinski definition) is 2. The van der Waals surface area contributed by atoms with Gasteiger partial charge in [0.1, 0.15) is 0 Å². The topological polar surface area (TPSA) is 6.48 Å². The number of fused-ring (bicyclic) bond motifs is 3. The molecule has 0 saturated carbocycles. The van der Waals surface area contributed by atoms with Crippen molar-refractivity contribution < 1.29 is 0 Å². The zero-order valence-electron chi connectivity index (χ0n) is 11.1. The Balaban J connectivity index is 0.000000514. The van der Waals surface area contributed by atoms with Crippen LogP contribution in [0.5, 0.6) is 0 Å². The van der Waals surface area contributed by atoms with Gasteiger partial charge in [-0.2, -0.15) is 0 Å². The maximum absolute atomic E-state index is 4.21. The Bertz CT molecular complexity index is 411. The van der Waals surface area contributed by atoms with Crippen molar-refractivity contribution in [1.82, 2.24) is 9.80 Å². The molecule has 1 unspecified atom stereocenters. The van der Waals surface area contributed by atoms with Crippen LogP contribution in [-0.4, -0.2) is 36.5 Å². The number of rotatable bonds is 0. The van der Waals surface area contributed by atoms with Crippen molar-refractivity contribution in [3.05, 3.63) is 42.0 Å². The molecular formula is C15H22N2. The van der Waals surface area contributed by atoms with Crippen molar-refractivity contribution in [1.29, 1.82) is 0 Å². The molecule has 17 heavy (non-hydrogen) atoms. The second-order valence-electron chi connectivity index (χ2n) is 4.51. The summed E-state index contributed by atoms with van der Waals surface area (Å²) in [5.41, 5.74) is 4.01. The number of benzene rings is 1. The Kier molecular flexibility index (Phi) is 3.53. The van der Waals surface area contributed by atoms with E-state index in [0.29, 0.717) is 6.04 Å². The zero-order valence-corrected chi connectivity index (χ0v) is 11.1. The van der Waals surface area contributed by atoms with E-state index in [1.54, 1.807) is 0 Å². The maximum Gasteiger partial charge on any atom is 0.0676 e. The summed E-state index contributed by atoms with van der Waals surface area (Å²) in [5.74, 6) is 0. The first-order valence-corrected chi connectivity index (χ1v) is 6.51. The summed E-state index contributed by atoms with van der Waals surface area (Å²) in [6, 6.07) is 9.20. The fraction of sp³-hybridized carbons (Fsp3) is 0.467. The highest BCUT2D eigenvalue weighted by Gasteiger charge is 2.35. The lowest BCUT2D eigenvalue weighted by Gasteiger charge is -2.37. The van der Waals surface area contributed by atoms with Gasteiger partial charge in [-0.05, 0) is 12.6 Å². The third-order valence-electron chi connectivity index (χ3n) is 3.56. The van der Waals surface area contributed by atoms with Crippen molar-refractivity contribution in [3.8, 4) is 0 Å². The summed E-state index contributed by atoms with van der Waals surface area (Å²) >= 11 is 0. The molecule has 0 aliphatic carbocycles. The molecule has 0 N–H and O–H groups in total. The van der Waals surface area contributed by atoms with Gasteiger partial charge in [0.05, 0.1) is 6.04 Å². The molecule has 2 nitrogen and oxygen atoms in total. The Morgan fingerprint density at radius 3 is 2.65 bits per heavy atom. The van der Waals surface area contributed by atoms with E-state index in [4.69, 9.17) is 0 Å². The van der Waals surface area contributed by atoms with Gasteiger partial charge in [-0.25, -0.2) is 0 Å². The molecule has 1 atom stereocenters. The minimum atomic E-state index is 0.535. The van der Waals surface area contributed by atoms with Crippen molar-refractivity contribution in [2.45, 2.75) is 19.9 Å². The van der Waals surface area contributed by atoms with Gasteiger partial charge in [-0.1, -0.05) is 44.7 Å². The van der Waals surface area contributed by atoms with Gasteiger partial charge < -0.3 is 9.80 Å². The van der Waals surface area contributed by atoms with Gasteiger partial charge >= 0.3 is 0 Å². The van der Waals surface area contributed by atoms with Gasteiger partial charge in [-0.15, -0.1) is 0 Å². The lowest BCUT2D eigenvalue weighted by atomic mass is 10.0. The molecule has 0 aromatic heterocycles. The van der Waals surface area contributed by atoms with Crippen LogP contribution in [0.1, 0.15) is 31.0 Å². The molecule has 2 heteroatoms. The first kappa shape index (κ1) is 12.2. The first-order chi connectivity index (χ1) is 8.27. The molecular weight excluding hydrogens is 208 g/mol. The van der Waals surface area contributed by atoms with Gasteiger partial charge in [-0.3, -0.25) is 0 Å². The van der Waals surface area contributed by atoms with Gasteiger partial charge in [0, 0.05) is 30.9 Å². The highest BCUT2D eigenvalue weighted by atomic mass is 15.3. The van der Waals surface area contributed by atoms with Crippen molar-refractivity contribution >= 4 is 5.70 Å². The van der Waals surface area contributed by atoms with Gasteiger partial charge in [0.15, 0.2) is 0 Å². The van der Waals surface area contributed by atoms with E-state index in [1.807, 2.05) is 13.8 Å². The zero-order chi connectivity index (χ0) is 12.4. The normalized spacial score (nSPS) is 22.6. The van der Waals surface area contributed by atoms with Crippen LogP contribution in [-0.2, 0) is 0 Å². The molecule has 0 bridgehead atoms. The van der Waals surface area contributed by atoms with Crippen molar-refractivity contribution in [3.63, 3.8) is 0 Å². The third-order valence-corrected chi connectivity index (χ3v) is 3.56. The molecule has 0 spiro atoms. The minimum absolute atomic E-state index is 0.535. The molecule has 0 amide bonds. The lowest BCUT2D eigenvalue weighted by Crippen LogP contribution is -2.42. The molecule has 3 rings (SSSR count). The maximum atomic E-state index is 4.21. The molecule has 0 radical (unpaired) electrons. The fourth-order valence-electron chi connectivity index (χ4n) is 2.71. The van der Waals surface area contributed by atoms with Crippen molar-refractivity contribution in [2.24, 2.45) is 0 Å². The fourth-order valence-corrected chi connectivity index (χ4v) is 2.71. The smallest absolute Gasteiger partial charge is 0.0676 e. The molecule has 1 fully saturated rings. The Morgan fingerprint density at radius 2 is 1.88 bits per heavy atom. The second-order valence-corrected chi connectivity index (χ2v) is 4.51. The molecule has 2 aliphatic rings. The number of likely N-dealkylation sites (N-methyl/N-ethyl adjacent to an activating group) is 1. The summed E-state index contributed by atoms with van der Waals surface area (Å²) in [7, 11) is 2.20. The van der Waals surface area contributed by atoms with Crippen LogP contribution in [0.2, 0.25) is 0 Å². The molecule has 1 aromatic carbocycles. The SMILES string of the molecule is C=C1c2ccccc2C2CN(C)CCN12.CC. The Labute approximate surface area is 105 Å². The molecule has 92 valence electrons. The standard InChI is InChI=1S/C13H16N2.C2H6/c1-10-11-5-3-4-6-12(11)13-9-14(2)7-8-15(10)13;1-2/h3-6,13H,1,7-9H2,2H3;1-2H3. The summed E-state index contributed by atoms with van der Waals surface area (Å²) < 4.78 is 0. The predicted octanol–water partition coefficient (Wildman–Crippen LogP) is 2.99. The van der Waals surface area contributed by atoms with E-state index >= 15 is 0 Å². The minimum Gasteiger partial charge on any atom is -0.362 e. The number of piperazine rings is 1. The van der Waals surface area contributed by atoms with Crippen LogP contribution in [0, 0.1) is 0 Å². The molecule has 2 heterocycles. The summed E-state index contributed by atoms with van der Waals surface area (Å²) in [6.07, 6.45) is 0. The molecule has 1 aromatic rings. The Hall–Kier alpha value is -1.28. The first-order valence-electron chi connectivity index (χ1n) is 6.51. The van der Waals surface area contributed by atoms with Crippen LogP contribution >= 0.6 is 0 Å². The van der Waals surface area contributed by atoms with E-state index < -0.39 is 0 Å². The predicted molar refractivity (Wildman–Crippen MR) is 73.8 cm³/mol. The largest absolute Gasteiger partial charge is 0.362 e. The number of nitrogens with zero attached hydrogens (tertiary/aromatic N) is 2. The van der Waals surface area contributed by atoms with Gasteiger partial charge in [0.2, 0.25) is 0 Å². The average molecular weight is 230 g/mol. The van der Waals surface area contributed by atoms with Crippen molar-refractivity contribution in [2.75, 3.05) is 26.7 Å². The van der Waals surface area contributed by atoms with Crippen LogP contribution in [0.25, 0.3) is 5.70 Å². The van der Waals surface area contributed by atoms with Crippen LogP contribution in [0.4, 0.5) is 0 Å². The van der Waals surface area contributed by atoms with Gasteiger partial charge in [0.25, 0.3) is 0 Å². The Morgan fingerprint density at radius 1 is 1.18 bits per heavy atom. The van der Waals surface area contributed by atoms with E-state index in [9.17, 15) is 0 Å². The highest BCUT2D eigenvalue weighted by Crippen LogP contribution is 2.41. The van der Waals surface area contributed by atoms with E-state index in [-0.39, 0.29) is 0 Å². The molecule has 1 saturated heterocycles.